The molecule has 0 fully saturated rings. The maximum Gasteiger partial charge on any atom is 0.343 e. The van der Waals surface area contributed by atoms with Crippen molar-refractivity contribution >= 4 is 35.4 Å². The fourth-order valence-electron chi connectivity index (χ4n) is 2.57. The van der Waals surface area contributed by atoms with Crippen molar-refractivity contribution < 1.29 is 23.6 Å². The maximum absolute atomic E-state index is 12.4. The van der Waals surface area contributed by atoms with Gasteiger partial charge in [0.2, 0.25) is 0 Å². The monoisotopic (exact) mass is 437 g/mol. The maximum atomic E-state index is 12.4. The Balaban J connectivity index is 1.86. The average Bonchev–Trinajstić information content (AvgIpc) is 3.18. The molecule has 9 heteroatoms. The molecule has 3 aromatic rings. The number of amides is 1. The average molecular weight is 438 g/mol. The number of aryl methyl sites for hydroxylation is 1. The van der Waals surface area contributed by atoms with Crippen LogP contribution in [0.1, 0.15) is 21.7 Å². The highest BCUT2D eigenvalue weighted by molar-refractivity contribution is 6.32. The van der Waals surface area contributed by atoms with Crippen LogP contribution in [0.3, 0.4) is 0 Å². The van der Waals surface area contributed by atoms with Crippen molar-refractivity contribution in [3.05, 3.63) is 76.0 Å². The highest BCUT2D eigenvalue weighted by Gasteiger charge is 2.18. The smallest absolute Gasteiger partial charge is 0.343 e. The van der Waals surface area contributed by atoms with Crippen LogP contribution in [0.4, 0.5) is 5.82 Å². The molecule has 1 heterocycles. The zero-order valence-electron chi connectivity index (χ0n) is 16.5. The van der Waals surface area contributed by atoms with E-state index >= 15 is 0 Å². The summed E-state index contributed by atoms with van der Waals surface area (Å²) in [6, 6.07) is 14.7. The van der Waals surface area contributed by atoms with Gasteiger partial charge in [-0.05, 0) is 42.8 Å². The van der Waals surface area contributed by atoms with Gasteiger partial charge in [-0.1, -0.05) is 35.0 Å². The normalized spacial score (nSPS) is 10.8. The van der Waals surface area contributed by atoms with Crippen LogP contribution in [0.2, 0.25) is 5.02 Å². The molecule has 0 unspecified atom stereocenters. The highest BCUT2D eigenvalue weighted by atomic mass is 35.5. The Morgan fingerprint density at radius 1 is 1.23 bits per heavy atom. The molecule has 0 radical (unpaired) electrons. The summed E-state index contributed by atoms with van der Waals surface area (Å²) in [5, 5.41) is 15.6. The van der Waals surface area contributed by atoms with Gasteiger partial charge in [-0.2, -0.15) is 5.26 Å². The van der Waals surface area contributed by atoms with Crippen molar-refractivity contribution in [2.24, 2.45) is 0 Å². The SMILES string of the molecule is COc1cc(/C=C(/C#N)C(=O)Nc2cc(C)on2)cc(Cl)c1OC(=O)c1ccccc1. The van der Waals surface area contributed by atoms with Crippen molar-refractivity contribution in [2.75, 3.05) is 12.4 Å². The van der Waals surface area contributed by atoms with E-state index in [4.69, 9.17) is 25.6 Å². The lowest BCUT2D eigenvalue weighted by atomic mass is 10.1. The van der Waals surface area contributed by atoms with Gasteiger partial charge in [-0.15, -0.1) is 0 Å². The summed E-state index contributed by atoms with van der Waals surface area (Å²) in [5.41, 5.74) is 0.535. The molecule has 2 aromatic carbocycles. The molecule has 0 aliphatic heterocycles. The Morgan fingerprint density at radius 3 is 2.58 bits per heavy atom. The first-order valence-corrected chi connectivity index (χ1v) is 9.30. The minimum Gasteiger partial charge on any atom is -0.493 e. The second kappa shape index (κ2) is 9.61. The van der Waals surface area contributed by atoms with Crippen LogP contribution in [0.15, 0.2) is 58.6 Å². The molecule has 0 bridgehead atoms. The van der Waals surface area contributed by atoms with Crippen molar-refractivity contribution in [3.63, 3.8) is 0 Å². The lowest BCUT2D eigenvalue weighted by Gasteiger charge is -2.12. The van der Waals surface area contributed by atoms with Gasteiger partial charge >= 0.3 is 5.97 Å². The Labute approximate surface area is 182 Å². The number of aromatic nitrogens is 1. The van der Waals surface area contributed by atoms with E-state index < -0.39 is 11.9 Å². The van der Waals surface area contributed by atoms with Crippen LogP contribution in [-0.4, -0.2) is 24.1 Å². The largest absolute Gasteiger partial charge is 0.493 e. The van der Waals surface area contributed by atoms with Crippen molar-refractivity contribution in [1.29, 1.82) is 5.26 Å². The Morgan fingerprint density at radius 2 is 1.97 bits per heavy atom. The summed E-state index contributed by atoms with van der Waals surface area (Å²) in [5.74, 6) is -0.406. The number of nitrogens with one attached hydrogen (secondary N) is 1. The Hall–Kier alpha value is -4.09. The first-order chi connectivity index (χ1) is 14.9. The standard InChI is InChI=1S/C22H16ClN3O5/c1-13-8-19(26-31-13)25-21(27)16(12-24)9-14-10-17(23)20(18(11-14)29-2)30-22(28)15-6-4-3-5-7-15/h3-11H,1-2H3,(H,25,26,27)/b16-9-. The van der Waals surface area contributed by atoms with E-state index in [1.165, 1.54) is 31.4 Å². The zero-order valence-corrected chi connectivity index (χ0v) is 17.3. The number of ether oxygens (including phenoxy) is 2. The summed E-state index contributed by atoms with van der Waals surface area (Å²) < 4.78 is 15.5. The zero-order chi connectivity index (χ0) is 22.4. The van der Waals surface area contributed by atoms with Gasteiger partial charge in [0.1, 0.15) is 17.4 Å². The number of esters is 1. The fraction of sp³-hybridized carbons (Fsp3) is 0.0909. The molecule has 8 nitrogen and oxygen atoms in total. The van der Waals surface area contributed by atoms with Gasteiger partial charge in [-0.3, -0.25) is 4.79 Å². The predicted octanol–water partition coefficient (Wildman–Crippen LogP) is 4.41. The third kappa shape index (κ3) is 5.29. The second-order valence-corrected chi connectivity index (χ2v) is 6.64. The molecular formula is C22H16ClN3O5. The van der Waals surface area contributed by atoms with Crippen LogP contribution in [0, 0.1) is 18.3 Å². The van der Waals surface area contributed by atoms with Gasteiger partial charge in [0, 0.05) is 6.07 Å². The van der Waals surface area contributed by atoms with Crippen molar-refractivity contribution in [2.45, 2.75) is 6.92 Å². The first kappa shape index (κ1) is 21.6. The Bertz CT molecular complexity index is 1200. The van der Waals surface area contributed by atoms with E-state index in [0.717, 1.165) is 0 Å². The van der Waals surface area contributed by atoms with Crippen molar-refractivity contribution in [3.8, 4) is 17.6 Å². The quantitative estimate of drug-likeness (QED) is 0.263. The fourth-order valence-corrected chi connectivity index (χ4v) is 2.83. The predicted molar refractivity (Wildman–Crippen MR) is 113 cm³/mol. The number of rotatable bonds is 6. The number of nitriles is 1. The molecule has 1 N–H and O–H groups in total. The number of hydrogen-bond donors (Lipinski definition) is 1. The van der Waals surface area contributed by atoms with Gasteiger partial charge in [0.25, 0.3) is 5.91 Å². The molecule has 31 heavy (non-hydrogen) atoms. The summed E-state index contributed by atoms with van der Waals surface area (Å²) in [7, 11) is 1.38. The lowest BCUT2D eigenvalue weighted by molar-refractivity contribution is -0.112. The van der Waals surface area contributed by atoms with Crippen molar-refractivity contribution in [1.82, 2.24) is 5.16 Å². The van der Waals surface area contributed by atoms with E-state index in [0.29, 0.717) is 16.9 Å². The molecule has 3 rings (SSSR count). The van der Waals surface area contributed by atoms with E-state index in [9.17, 15) is 14.9 Å². The van der Waals surface area contributed by atoms with Crippen LogP contribution in [0.25, 0.3) is 6.08 Å². The summed E-state index contributed by atoms with van der Waals surface area (Å²) in [6.45, 7) is 1.67. The molecular weight excluding hydrogens is 422 g/mol. The number of benzene rings is 2. The number of carbonyl (C=O) groups is 2. The lowest BCUT2D eigenvalue weighted by Crippen LogP contribution is -2.13. The summed E-state index contributed by atoms with van der Waals surface area (Å²) >= 11 is 6.29. The molecule has 0 saturated heterocycles. The molecule has 1 aromatic heterocycles. The van der Waals surface area contributed by atoms with E-state index in [1.807, 2.05) is 6.07 Å². The highest BCUT2D eigenvalue weighted by Crippen LogP contribution is 2.37. The molecule has 0 saturated carbocycles. The minimum absolute atomic E-state index is 0.0243. The van der Waals surface area contributed by atoms with Crippen LogP contribution in [0.5, 0.6) is 11.5 Å². The van der Waals surface area contributed by atoms with E-state index in [1.54, 1.807) is 37.3 Å². The first-order valence-electron chi connectivity index (χ1n) is 8.92. The molecule has 0 aliphatic carbocycles. The number of hydrogen-bond acceptors (Lipinski definition) is 7. The summed E-state index contributed by atoms with van der Waals surface area (Å²) in [4.78, 5) is 24.7. The number of methoxy groups -OCH3 is 1. The third-order valence-electron chi connectivity index (χ3n) is 4.00. The van der Waals surface area contributed by atoms with Crippen LogP contribution in [-0.2, 0) is 4.79 Å². The van der Waals surface area contributed by atoms with Gasteiger partial charge < -0.3 is 19.3 Å². The molecule has 0 aliphatic rings. The molecule has 0 spiro atoms. The number of nitrogens with zero attached hydrogens (tertiary/aromatic N) is 2. The second-order valence-electron chi connectivity index (χ2n) is 6.24. The van der Waals surface area contributed by atoms with Crippen LogP contribution >= 0.6 is 11.6 Å². The third-order valence-corrected chi connectivity index (χ3v) is 4.28. The molecule has 0 atom stereocenters. The Kier molecular flexibility index (Phi) is 6.70. The minimum atomic E-state index is -0.675. The van der Waals surface area contributed by atoms with Crippen LogP contribution < -0.4 is 14.8 Å². The molecule has 1 amide bonds. The van der Waals surface area contributed by atoms with Gasteiger partial charge in [0.15, 0.2) is 17.3 Å². The van der Waals surface area contributed by atoms with E-state index in [2.05, 4.69) is 10.5 Å². The topological polar surface area (TPSA) is 114 Å². The number of halogens is 1. The summed E-state index contributed by atoms with van der Waals surface area (Å²) in [6.07, 6.45) is 1.32. The number of carbonyl (C=O) groups excluding carboxylic acids is 2. The molecule has 156 valence electrons. The van der Waals surface area contributed by atoms with E-state index in [-0.39, 0.29) is 27.9 Å². The van der Waals surface area contributed by atoms with Gasteiger partial charge in [-0.25, -0.2) is 4.79 Å². The number of anilines is 1. The van der Waals surface area contributed by atoms with Gasteiger partial charge in [0.05, 0.1) is 17.7 Å².